The molecule has 1 aromatic carbocycles. The van der Waals surface area contributed by atoms with Crippen molar-refractivity contribution in [3.8, 4) is 17.0 Å². The molecule has 50 heavy (non-hydrogen) atoms. The first-order valence-electron chi connectivity index (χ1n) is 16.1. The number of amides is 4. The van der Waals surface area contributed by atoms with Gasteiger partial charge in [0.1, 0.15) is 35.4 Å². The Labute approximate surface area is 289 Å². The number of hydrogen-bond donors (Lipinski definition) is 2. The van der Waals surface area contributed by atoms with Gasteiger partial charge in [-0.25, -0.2) is 28.7 Å². The number of carbonyl (C=O) groups excluding carboxylic acids is 4. The summed E-state index contributed by atoms with van der Waals surface area (Å²) in [7, 11) is 1.64. The van der Waals surface area contributed by atoms with Crippen molar-refractivity contribution in [1.82, 2.24) is 14.9 Å². The van der Waals surface area contributed by atoms with Crippen molar-refractivity contribution in [2.45, 2.75) is 79.6 Å². The topological polar surface area (TPSA) is 162 Å². The van der Waals surface area contributed by atoms with E-state index < -0.39 is 46.8 Å². The van der Waals surface area contributed by atoms with Gasteiger partial charge in [0.05, 0.1) is 24.2 Å². The van der Waals surface area contributed by atoms with Gasteiger partial charge in [0.25, 0.3) is 0 Å². The normalized spacial score (nSPS) is 17.2. The monoisotopic (exact) mass is 694 g/mol. The molecule has 0 bridgehead atoms. The molecule has 1 fully saturated rings. The summed E-state index contributed by atoms with van der Waals surface area (Å²) in [6, 6.07) is 3.02. The Morgan fingerprint density at radius 1 is 0.980 bits per heavy atom. The van der Waals surface area contributed by atoms with Crippen LogP contribution in [-0.4, -0.2) is 83.1 Å². The van der Waals surface area contributed by atoms with Crippen molar-refractivity contribution in [1.29, 1.82) is 0 Å². The van der Waals surface area contributed by atoms with Crippen LogP contribution in [0.1, 0.15) is 61.0 Å². The van der Waals surface area contributed by atoms with Crippen LogP contribution in [-0.2, 0) is 19.0 Å². The molecule has 268 valence electrons. The number of nitrogens with one attached hydrogen (secondary N) is 2. The second kappa shape index (κ2) is 12.9. The summed E-state index contributed by atoms with van der Waals surface area (Å²) in [4.78, 5) is 63.2. The number of likely N-dealkylation sites (N-methyl/N-ethyl adjacent to an activating group) is 1. The van der Waals surface area contributed by atoms with Crippen molar-refractivity contribution in [2.75, 3.05) is 42.3 Å². The summed E-state index contributed by atoms with van der Waals surface area (Å²) in [5.74, 6) is -0.702. The number of aromatic nitrogens is 2. The molecule has 15 heteroatoms. The zero-order valence-corrected chi connectivity index (χ0v) is 29.9. The van der Waals surface area contributed by atoms with Gasteiger partial charge in [-0.1, -0.05) is 0 Å². The number of likely N-dealkylation sites (tertiary alicyclic amines) is 1. The molecule has 5 rings (SSSR count). The maximum atomic E-state index is 16.7. The predicted octanol–water partition coefficient (Wildman–Crippen LogP) is 6.64. The van der Waals surface area contributed by atoms with E-state index in [1.54, 1.807) is 69.4 Å². The number of rotatable bonds is 4. The van der Waals surface area contributed by atoms with Gasteiger partial charge in [-0.15, -0.1) is 0 Å². The number of hydrogen-bond acceptors (Lipinski definition) is 10. The van der Waals surface area contributed by atoms with Crippen LogP contribution in [0.25, 0.3) is 21.9 Å². The molecular formula is C35H43FN6O8. The van der Waals surface area contributed by atoms with Crippen LogP contribution >= 0.6 is 0 Å². The van der Waals surface area contributed by atoms with Crippen molar-refractivity contribution in [2.24, 2.45) is 5.41 Å². The van der Waals surface area contributed by atoms with E-state index in [1.807, 2.05) is 0 Å². The smallest absolute Gasteiger partial charge is 0.415 e. The van der Waals surface area contributed by atoms with Gasteiger partial charge in [0.15, 0.2) is 5.82 Å². The lowest BCUT2D eigenvalue weighted by molar-refractivity contribution is -0.134. The third-order valence-electron chi connectivity index (χ3n) is 8.21. The fourth-order valence-electron chi connectivity index (χ4n) is 5.81. The summed E-state index contributed by atoms with van der Waals surface area (Å²) in [6.07, 6.45) is -0.311. The van der Waals surface area contributed by atoms with E-state index in [2.05, 4.69) is 20.6 Å². The Morgan fingerprint density at radius 3 is 2.28 bits per heavy atom. The average molecular weight is 695 g/mol. The second-order valence-corrected chi connectivity index (χ2v) is 14.9. The van der Waals surface area contributed by atoms with E-state index in [0.29, 0.717) is 22.2 Å². The zero-order valence-electron chi connectivity index (χ0n) is 29.9. The highest BCUT2D eigenvalue weighted by Crippen LogP contribution is 2.43. The third kappa shape index (κ3) is 7.36. The van der Waals surface area contributed by atoms with Gasteiger partial charge < -0.3 is 23.8 Å². The number of benzene rings is 1. The summed E-state index contributed by atoms with van der Waals surface area (Å²) in [5.41, 5.74) is -1.66. The minimum absolute atomic E-state index is 0.0278. The van der Waals surface area contributed by atoms with Crippen LogP contribution < -0.4 is 20.3 Å². The molecule has 14 nitrogen and oxygen atoms in total. The predicted molar refractivity (Wildman–Crippen MR) is 184 cm³/mol. The van der Waals surface area contributed by atoms with Gasteiger partial charge in [-0.2, -0.15) is 0 Å². The molecule has 0 saturated carbocycles. The highest BCUT2D eigenvalue weighted by atomic mass is 19.1. The van der Waals surface area contributed by atoms with E-state index in [1.165, 1.54) is 34.3 Å². The van der Waals surface area contributed by atoms with E-state index in [9.17, 15) is 19.2 Å². The second-order valence-electron chi connectivity index (χ2n) is 14.9. The number of carbonyl (C=O) groups is 4. The van der Waals surface area contributed by atoms with E-state index in [0.717, 1.165) is 0 Å². The quantitative estimate of drug-likeness (QED) is 0.283. The lowest BCUT2D eigenvalue weighted by atomic mass is 9.89. The molecule has 0 radical (unpaired) electrons. The van der Waals surface area contributed by atoms with Crippen LogP contribution in [0.15, 0.2) is 24.5 Å². The molecule has 2 N–H and O–H groups in total. The lowest BCUT2D eigenvalue weighted by Crippen LogP contribution is -2.42. The first kappa shape index (κ1) is 36.1. The Kier molecular flexibility index (Phi) is 9.32. The maximum Gasteiger partial charge on any atom is 0.415 e. The SMILES string of the molecule is Cc1c(-c2cc3cc(NC(=O)OC4CN(C)C(=O)C4(C)C)ncc3c(NC(=O)OC(C)(C)C)c2F)cnc2c1N(C(=O)OC(C)(C)C)CCO2. The molecule has 1 unspecified atom stereocenters. The van der Waals surface area contributed by atoms with Crippen LogP contribution in [0.5, 0.6) is 5.88 Å². The van der Waals surface area contributed by atoms with Crippen LogP contribution in [0.4, 0.5) is 36.0 Å². The number of halogens is 1. The molecule has 3 aromatic rings. The molecule has 2 aromatic heterocycles. The first-order valence-corrected chi connectivity index (χ1v) is 16.1. The van der Waals surface area contributed by atoms with E-state index in [-0.39, 0.29) is 53.9 Å². The van der Waals surface area contributed by atoms with Crippen molar-refractivity contribution in [3.63, 3.8) is 0 Å². The zero-order chi connectivity index (χ0) is 36.9. The van der Waals surface area contributed by atoms with Crippen LogP contribution in [0.3, 0.4) is 0 Å². The number of anilines is 3. The minimum atomic E-state index is -0.914. The number of fused-ring (bicyclic) bond motifs is 2. The molecule has 2 aliphatic heterocycles. The molecule has 2 aliphatic rings. The largest absolute Gasteiger partial charge is 0.474 e. The summed E-state index contributed by atoms with van der Waals surface area (Å²) < 4.78 is 39.0. The van der Waals surface area contributed by atoms with Gasteiger partial charge in [0.2, 0.25) is 11.8 Å². The molecule has 1 saturated heterocycles. The molecule has 4 heterocycles. The molecule has 0 aliphatic carbocycles. The van der Waals surface area contributed by atoms with Gasteiger partial charge in [-0.05, 0) is 85.4 Å². The van der Waals surface area contributed by atoms with Gasteiger partial charge >= 0.3 is 18.3 Å². The fourth-order valence-corrected chi connectivity index (χ4v) is 5.81. The average Bonchev–Trinajstić information content (AvgIpc) is 3.18. The number of pyridine rings is 2. The van der Waals surface area contributed by atoms with Crippen LogP contribution in [0, 0.1) is 18.2 Å². The van der Waals surface area contributed by atoms with Crippen molar-refractivity contribution in [3.05, 3.63) is 35.9 Å². The molecule has 4 amide bonds. The van der Waals surface area contributed by atoms with Crippen molar-refractivity contribution < 1.29 is 42.5 Å². The fraction of sp³-hybridized carbons (Fsp3) is 0.486. The Balaban J connectivity index is 1.58. The molecule has 0 spiro atoms. The molecular weight excluding hydrogens is 651 g/mol. The van der Waals surface area contributed by atoms with Crippen molar-refractivity contribution >= 4 is 52.2 Å². The third-order valence-corrected chi connectivity index (χ3v) is 8.21. The van der Waals surface area contributed by atoms with E-state index in [4.69, 9.17) is 18.9 Å². The summed E-state index contributed by atoms with van der Waals surface area (Å²) >= 11 is 0. The Morgan fingerprint density at radius 2 is 1.66 bits per heavy atom. The standard InChI is InChI=1S/C35H43FN6O8/c1-18-21(15-38-28-27(18)42(11-12-47-28)32(46)50-34(5,6)7)20-13-19-14-24(39-30(44)48-23-17-41(10)29(43)35(23,8)9)37-16-22(19)26(25(20)36)40-31(45)49-33(2,3)4/h13-16,23H,11-12,17H2,1-10H3,(H,40,45)(H,37,39,44). The summed E-state index contributed by atoms with van der Waals surface area (Å²) in [6.45, 7) is 16.0. The lowest BCUT2D eigenvalue weighted by Gasteiger charge is -2.32. The maximum absolute atomic E-state index is 16.7. The highest BCUT2D eigenvalue weighted by Gasteiger charge is 2.48. The van der Waals surface area contributed by atoms with Gasteiger partial charge in [0, 0.05) is 36.0 Å². The first-order chi connectivity index (χ1) is 23.2. The number of nitrogens with zero attached hydrogens (tertiary/aromatic N) is 4. The van der Waals surface area contributed by atoms with Crippen LogP contribution in [0.2, 0.25) is 0 Å². The van der Waals surface area contributed by atoms with E-state index >= 15 is 4.39 Å². The summed E-state index contributed by atoms with van der Waals surface area (Å²) in [5, 5.41) is 5.71. The van der Waals surface area contributed by atoms with Gasteiger partial charge in [-0.3, -0.25) is 20.3 Å². The Hall–Kier alpha value is -5.21. The number of ether oxygens (including phenoxy) is 4. The minimum Gasteiger partial charge on any atom is -0.474 e. The Bertz CT molecular complexity index is 1880. The highest BCUT2D eigenvalue weighted by molar-refractivity contribution is 6.05. The molecule has 1 atom stereocenters.